The highest BCUT2D eigenvalue weighted by Gasteiger charge is 2.50. The lowest BCUT2D eigenvalue weighted by atomic mass is 10.0. The molecule has 16 nitrogen and oxygen atoms in total. The maximum atomic E-state index is 16.7. The molecule has 0 bridgehead atoms. The lowest BCUT2D eigenvalue weighted by Gasteiger charge is -2.30. The van der Waals surface area contributed by atoms with Gasteiger partial charge < -0.3 is 49.2 Å². The summed E-state index contributed by atoms with van der Waals surface area (Å²) in [6.45, 7) is 9.27. The van der Waals surface area contributed by atoms with Crippen molar-refractivity contribution in [1.29, 1.82) is 0 Å². The van der Waals surface area contributed by atoms with E-state index in [1.807, 2.05) is 0 Å². The van der Waals surface area contributed by atoms with Gasteiger partial charge in [0, 0.05) is 28.5 Å². The normalized spacial score (nSPS) is 17.5. The van der Waals surface area contributed by atoms with Crippen molar-refractivity contribution in [3.05, 3.63) is 78.9 Å². The van der Waals surface area contributed by atoms with Crippen LogP contribution in [0.2, 0.25) is 0 Å². The standard InChI is InChI=1S/C45H50F5N9O7/c1-9-44(47,48)20-57(40(60)36(22(2)3)55-42(62)64-7)19-34-51-17-29(53-34)25-11-13-31-28(14-25)35(46)38-27-12-10-26(15-33(27)66-24(6)59(31)38)30-18-52-39(54-30)32-16-45(49,50)21-58(32)41(61)37(23(4)5)56-43(63)65-8/h9-15,17-18,22-24,32,36-37H,1,16,19-21H2,2-8H3,(H,51,53)(H,52,54)(H,55,62)(H,56,63). The van der Waals surface area contributed by atoms with Crippen LogP contribution in [0.1, 0.15) is 65.0 Å². The number of rotatable bonds is 14. The number of H-pyrrole nitrogens is 2. The zero-order chi connectivity index (χ0) is 48.0. The second-order valence-electron chi connectivity index (χ2n) is 17.0. The van der Waals surface area contributed by atoms with E-state index in [0.29, 0.717) is 45.4 Å². The number of nitrogens with one attached hydrogen (secondary N) is 4. The summed E-state index contributed by atoms with van der Waals surface area (Å²) in [7, 11) is 2.26. The van der Waals surface area contributed by atoms with Gasteiger partial charge in [-0.25, -0.2) is 41.5 Å². The van der Waals surface area contributed by atoms with Gasteiger partial charge in [0.1, 0.15) is 29.5 Å². The fourth-order valence-electron chi connectivity index (χ4n) is 8.31. The van der Waals surface area contributed by atoms with Gasteiger partial charge in [0.25, 0.3) is 11.8 Å². The van der Waals surface area contributed by atoms with Crippen LogP contribution in [0.4, 0.5) is 31.5 Å². The van der Waals surface area contributed by atoms with Crippen LogP contribution in [0.25, 0.3) is 44.7 Å². The number of amides is 4. The number of carbonyl (C=O) groups is 4. The van der Waals surface area contributed by atoms with Gasteiger partial charge >= 0.3 is 12.2 Å². The van der Waals surface area contributed by atoms with Crippen molar-refractivity contribution in [1.82, 2.24) is 44.9 Å². The van der Waals surface area contributed by atoms with E-state index in [9.17, 15) is 36.7 Å². The highest BCUT2D eigenvalue weighted by atomic mass is 19.3. The monoisotopic (exact) mass is 923 g/mol. The van der Waals surface area contributed by atoms with E-state index in [-0.39, 0.29) is 29.3 Å². The Morgan fingerprint density at radius 1 is 0.970 bits per heavy atom. The Kier molecular flexibility index (Phi) is 12.9. The first-order valence-electron chi connectivity index (χ1n) is 21.1. The molecule has 2 aliphatic heterocycles. The highest BCUT2D eigenvalue weighted by molar-refractivity contribution is 5.93. The van der Waals surface area contributed by atoms with Crippen molar-refractivity contribution >= 4 is 34.9 Å². The number of carbonyl (C=O) groups excluding carboxylic acids is 4. The summed E-state index contributed by atoms with van der Waals surface area (Å²) < 4.78 is 93.2. The van der Waals surface area contributed by atoms with Gasteiger partial charge in [0.2, 0.25) is 11.8 Å². The summed E-state index contributed by atoms with van der Waals surface area (Å²) >= 11 is 0. The van der Waals surface area contributed by atoms with Crippen molar-refractivity contribution in [2.45, 2.75) is 83.8 Å². The van der Waals surface area contributed by atoms with E-state index in [1.165, 1.54) is 12.4 Å². The van der Waals surface area contributed by atoms with Crippen LogP contribution < -0.4 is 15.4 Å². The van der Waals surface area contributed by atoms with Crippen LogP contribution in [0.3, 0.4) is 0 Å². The number of likely N-dealkylation sites (tertiary alicyclic amines) is 1. The topological polar surface area (TPSA) is 189 Å². The molecule has 5 heterocycles. The van der Waals surface area contributed by atoms with Gasteiger partial charge in [-0.05, 0) is 49.1 Å². The second kappa shape index (κ2) is 18.2. The zero-order valence-electron chi connectivity index (χ0n) is 37.2. The Morgan fingerprint density at radius 2 is 1.59 bits per heavy atom. The third-order valence-corrected chi connectivity index (χ3v) is 11.7. The number of ether oxygens (including phenoxy) is 3. The van der Waals surface area contributed by atoms with Crippen molar-refractivity contribution in [2.24, 2.45) is 11.8 Å². The molecule has 1 fully saturated rings. The predicted molar refractivity (Wildman–Crippen MR) is 231 cm³/mol. The average molecular weight is 924 g/mol. The van der Waals surface area contributed by atoms with Crippen molar-refractivity contribution < 1.29 is 55.3 Å². The molecule has 1 saturated heterocycles. The summed E-state index contributed by atoms with van der Waals surface area (Å²) in [5.74, 6) is -9.06. The molecule has 3 aromatic heterocycles. The fraction of sp³-hybridized carbons (Fsp3) is 0.422. The number of nitrogens with zero attached hydrogens (tertiary/aromatic N) is 5. The molecule has 0 aliphatic carbocycles. The van der Waals surface area contributed by atoms with Crippen molar-refractivity contribution in [2.75, 3.05) is 27.3 Å². The first-order valence-corrected chi connectivity index (χ1v) is 21.1. The van der Waals surface area contributed by atoms with Crippen LogP contribution in [-0.4, -0.2) is 110 Å². The first kappa shape index (κ1) is 47.0. The number of imidazole rings is 2. The van der Waals surface area contributed by atoms with Crippen LogP contribution >= 0.6 is 0 Å². The van der Waals surface area contributed by atoms with Gasteiger partial charge in [-0.3, -0.25) is 9.59 Å². The first-order chi connectivity index (χ1) is 31.1. The predicted octanol–water partition coefficient (Wildman–Crippen LogP) is 7.96. The van der Waals surface area contributed by atoms with E-state index in [1.54, 1.807) is 75.6 Å². The summed E-state index contributed by atoms with van der Waals surface area (Å²) in [6.07, 6.45) is 0.163. The van der Waals surface area contributed by atoms with Gasteiger partial charge in [0.15, 0.2) is 12.0 Å². The molecule has 21 heteroatoms. The molecular weight excluding hydrogens is 874 g/mol. The minimum absolute atomic E-state index is 0.113. The SMILES string of the molecule is C=CC(F)(F)CN(Cc1ncc(-c2ccc3c(c2)c(F)c2n3C(C)Oc3cc(-c4cnc(C5CC(F)(F)CN5C(=O)C(NC(=O)OC)C(C)C)[nH]4)ccc3-2)[nH]1)C(=O)C(NC(=O)OC)C(C)C. The summed E-state index contributed by atoms with van der Waals surface area (Å²) in [5.41, 5.74) is 3.08. The molecule has 4 N–H and O–H groups in total. The number of alkyl halides is 4. The molecule has 0 radical (unpaired) electrons. The maximum absolute atomic E-state index is 16.7. The van der Waals surface area contributed by atoms with Crippen molar-refractivity contribution in [3.63, 3.8) is 0 Å². The Labute approximate surface area is 375 Å². The number of halogens is 5. The smallest absolute Gasteiger partial charge is 0.407 e. The minimum Gasteiger partial charge on any atom is -0.470 e. The Balaban J connectivity index is 1.15. The number of alkyl carbamates (subject to hydrolysis) is 2. The molecule has 4 atom stereocenters. The summed E-state index contributed by atoms with van der Waals surface area (Å²) in [6, 6.07) is 6.65. The molecule has 5 aromatic rings. The number of hydrogen-bond donors (Lipinski definition) is 4. The number of aromatic nitrogens is 5. The summed E-state index contributed by atoms with van der Waals surface area (Å²) in [4.78, 5) is 68.0. The van der Waals surface area contributed by atoms with Crippen LogP contribution in [0.5, 0.6) is 5.75 Å². The lowest BCUT2D eigenvalue weighted by Crippen LogP contribution is -2.53. The van der Waals surface area contributed by atoms with E-state index >= 15 is 4.39 Å². The number of aromatic amines is 2. The third kappa shape index (κ3) is 9.28. The van der Waals surface area contributed by atoms with Crippen LogP contribution in [0.15, 0.2) is 61.4 Å². The largest absolute Gasteiger partial charge is 0.470 e. The molecule has 2 aromatic carbocycles. The van der Waals surface area contributed by atoms with E-state index < -0.39 is 97.4 Å². The Morgan fingerprint density at radius 3 is 2.24 bits per heavy atom. The minimum atomic E-state index is -3.47. The maximum Gasteiger partial charge on any atom is 0.407 e. The van der Waals surface area contributed by atoms with E-state index in [2.05, 4.69) is 46.6 Å². The molecule has 66 heavy (non-hydrogen) atoms. The van der Waals surface area contributed by atoms with Crippen molar-refractivity contribution in [3.8, 4) is 39.5 Å². The molecule has 7 rings (SSSR count). The van der Waals surface area contributed by atoms with E-state index in [4.69, 9.17) is 4.74 Å². The van der Waals surface area contributed by atoms with Gasteiger partial charge in [-0.1, -0.05) is 46.4 Å². The molecular formula is C45H50F5N9O7. The van der Waals surface area contributed by atoms with E-state index in [0.717, 1.165) is 24.0 Å². The molecule has 0 saturated carbocycles. The molecule has 4 amide bonds. The number of hydrogen-bond acceptors (Lipinski definition) is 9. The Bertz CT molecular complexity index is 2680. The zero-order valence-corrected chi connectivity index (χ0v) is 37.2. The number of fused-ring (bicyclic) bond motifs is 5. The quantitative estimate of drug-likeness (QED) is 0.0633. The van der Waals surface area contributed by atoms with Crippen LogP contribution in [-0.2, 0) is 25.6 Å². The molecule has 352 valence electrons. The van der Waals surface area contributed by atoms with Gasteiger partial charge in [-0.15, -0.1) is 0 Å². The summed E-state index contributed by atoms with van der Waals surface area (Å²) in [5, 5.41) is 5.10. The highest BCUT2D eigenvalue weighted by Crippen LogP contribution is 2.47. The molecule has 4 unspecified atom stereocenters. The number of benzene rings is 2. The van der Waals surface area contributed by atoms with Crippen LogP contribution in [0, 0.1) is 17.7 Å². The molecule has 0 spiro atoms. The second-order valence-corrected chi connectivity index (χ2v) is 17.0. The fourth-order valence-corrected chi connectivity index (χ4v) is 8.31. The lowest BCUT2D eigenvalue weighted by molar-refractivity contribution is -0.139. The Hall–Kier alpha value is -6.93. The average Bonchev–Trinajstić information content (AvgIpc) is 4.08. The third-order valence-electron chi connectivity index (χ3n) is 11.7. The molecule has 2 aliphatic rings. The van der Waals surface area contributed by atoms with Gasteiger partial charge in [-0.2, -0.15) is 0 Å². The number of methoxy groups -OCH3 is 2. The van der Waals surface area contributed by atoms with Gasteiger partial charge in [0.05, 0.1) is 74.9 Å².